The summed E-state index contributed by atoms with van der Waals surface area (Å²) in [5.41, 5.74) is 0. The van der Waals surface area contributed by atoms with Gasteiger partial charge in [-0.05, 0) is 0 Å². The van der Waals surface area contributed by atoms with E-state index in [1.54, 1.807) is 0 Å². The Kier molecular flexibility index (Phi) is 217. The van der Waals surface area contributed by atoms with Crippen LogP contribution in [0, 0.1) is 39.9 Å². The summed E-state index contributed by atoms with van der Waals surface area (Å²) >= 11 is 0. The Morgan fingerprint density at radius 2 is 0.600 bits per heavy atom. The van der Waals surface area contributed by atoms with E-state index in [1.165, 1.54) is 0 Å². The fourth-order valence-electron chi connectivity index (χ4n) is 0. The summed E-state index contributed by atoms with van der Waals surface area (Å²) in [6.45, 7) is 0. The van der Waals surface area contributed by atoms with Crippen LogP contribution in [0.15, 0.2) is 0 Å². The van der Waals surface area contributed by atoms with E-state index < -0.39 is 0 Å². The molecule has 0 saturated carbocycles. The maximum atomic E-state index is 7.00. The van der Waals surface area contributed by atoms with Crippen LogP contribution in [-0.4, -0.2) is 0 Å². The largest absolute Gasteiger partial charge is 4.00 e. The SMILES string of the molecule is [O-][O-].[O-][O-].[Th+4]. The first kappa shape index (κ1) is 16.4. The molecule has 5 heteroatoms. The molecular formula is O4Th. The van der Waals surface area contributed by atoms with Gasteiger partial charge in [0.25, 0.3) is 0 Å². The van der Waals surface area contributed by atoms with Crippen molar-refractivity contribution in [1.29, 1.82) is 0 Å². The van der Waals surface area contributed by atoms with Crippen LogP contribution in [0.25, 0.3) is 0 Å². The number of rotatable bonds is 0. The number of hydrogen-bond donors (Lipinski definition) is 0. The van der Waals surface area contributed by atoms with Crippen LogP contribution < -0.4 is 21.0 Å². The van der Waals surface area contributed by atoms with Crippen molar-refractivity contribution in [2.24, 2.45) is 0 Å². The van der Waals surface area contributed by atoms with E-state index >= 15 is 0 Å². The van der Waals surface area contributed by atoms with Crippen molar-refractivity contribution in [3.8, 4) is 0 Å². The molecule has 0 spiro atoms. The minimum Gasteiger partial charge on any atom is -1.00 e. The normalized spacial score (nSPS) is 2.40. The van der Waals surface area contributed by atoms with Crippen molar-refractivity contribution >= 4 is 0 Å². The van der Waals surface area contributed by atoms with Gasteiger partial charge < -0.3 is 21.0 Å². The summed E-state index contributed by atoms with van der Waals surface area (Å²) in [6.07, 6.45) is 0. The molecular weight excluding hydrogens is 296 g/mol. The van der Waals surface area contributed by atoms with Crippen LogP contribution >= 0.6 is 0 Å². The molecule has 0 bridgehead atoms. The molecule has 0 aromatic rings. The van der Waals surface area contributed by atoms with Crippen molar-refractivity contribution in [1.82, 2.24) is 0 Å². The van der Waals surface area contributed by atoms with Gasteiger partial charge in [0.2, 0.25) is 0 Å². The molecule has 0 radical (unpaired) electrons. The fraction of sp³-hybridized carbons (Fsp3) is 0. The molecule has 4 nitrogen and oxygen atoms in total. The molecule has 5 heavy (non-hydrogen) atoms. The van der Waals surface area contributed by atoms with Gasteiger partial charge in [-0.15, -0.1) is 0 Å². The minimum atomic E-state index is 0. The fourth-order valence-corrected chi connectivity index (χ4v) is 0. The molecule has 0 aliphatic carbocycles. The Hall–Kier alpha value is 1.16. The average Bonchev–Trinajstić information content (AvgIpc) is 1.50. The van der Waals surface area contributed by atoms with Crippen molar-refractivity contribution in [3.05, 3.63) is 0 Å². The van der Waals surface area contributed by atoms with Crippen molar-refractivity contribution in [2.75, 3.05) is 0 Å². The second kappa shape index (κ2) is 66.0. The van der Waals surface area contributed by atoms with Crippen molar-refractivity contribution in [2.45, 2.75) is 0 Å². The summed E-state index contributed by atoms with van der Waals surface area (Å²) in [4.78, 5) is 0. The monoisotopic (exact) mass is 296 g/mol. The Balaban J connectivity index is -0.0000000133. The maximum Gasteiger partial charge on any atom is 4.00 e. The molecule has 0 aliphatic rings. The predicted molar refractivity (Wildman–Crippen MR) is 0 cm³/mol. The Bertz CT molecular complexity index is 3.61. The summed E-state index contributed by atoms with van der Waals surface area (Å²) in [6, 6.07) is 0. The van der Waals surface area contributed by atoms with Gasteiger partial charge >= 0.3 is 39.9 Å². The Morgan fingerprint density at radius 3 is 0.600 bits per heavy atom. The molecule has 28 valence electrons. The van der Waals surface area contributed by atoms with Crippen LogP contribution in [0.2, 0.25) is 0 Å². The second-order valence-electron chi connectivity index (χ2n) is 0. The zero-order chi connectivity index (χ0) is 4.00. The first-order valence-corrected chi connectivity index (χ1v) is 0.333. The van der Waals surface area contributed by atoms with Crippen LogP contribution in [0.1, 0.15) is 0 Å². The molecule has 0 N–H and O–H groups in total. The van der Waals surface area contributed by atoms with Gasteiger partial charge in [-0.25, -0.2) is 0 Å². The molecule has 0 aromatic carbocycles. The van der Waals surface area contributed by atoms with Crippen LogP contribution in [0.4, 0.5) is 0 Å². The Labute approximate surface area is 60.6 Å². The van der Waals surface area contributed by atoms with E-state index in [4.69, 9.17) is 21.0 Å². The van der Waals surface area contributed by atoms with Gasteiger partial charge in [0, 0.05) is 0 Å². The smallest absolute Gasteiger partial charge is 1.00 e. The molecule has 0 rings (SSSR count). The molecule has 0 fully saturated rings. The van der Waals surface area contributed by atoms with Crippen molar-refractivity contribution < 1.29 is 61.0 Å². The van der Waals surface area contributed by atoms with Gasteiger partial charge in [-0.3, -0.25) is 0 Å². The molecule has 0 saturated heterocycles. The van der Waals surface area contributed by atoms with Crippen molar-refractivity contribution in [3.63, 3.8) is 0 Å². The van der Waals surface area contributed by atoms with E-state index in [9.17, 15) is 0 Å². The first-order chi connectivity index (χ1) is 2.00. The summed E-state index contributed by atoms with van der Waals surface area (Å²) in [5.74, 6) is 0. The quantitative estimate of drug-likeness (QED) is 0.331. The van der Waals surface area contributed by atoms with E-state index in [0.717, 1.165) is 0 Å². The van der Waals surface area contributed by atoms with Gasteiger partial charge in [0.1, 0.15) is 0 Å². The Morgan fingerprint density at radius 1 is 0.600 bits per heavy atom. The predicted octanol–water partition coefficient (Wildman–Crippen LogP) is -4.76. The zero-order valence-corrected chi connectivity index (χ0v) is 6.24. The average molecular weight is 296 g/mol. The van der Waals surface area contributed by atoms with E-state index in [2.05, 4.69) is 0 Å². The third-order valence-electron chi connectivity index (χ3n) is 0. The zero-order valence-electron chi connectivity index (χ0n) is 2.13. The molecule has 0 aliphatic heterocycles. The van der Waals surface area contributed by atoms with Gasteiger partial charge in [-0.1, -0.05) is 0 Å². The summed E-state index contributed by atoms with van der Waals surface area (Å²) in [5, 5.41) is 28.0. The van der Waals surface area contributed by atoms with Gasteiger partial charge in [0.15, 0.2) is 0 Å². The van der Waals surface area contributed by atoms with Crippen LogP contribution in [-0.2, 0) is 0 Å². The second-order valence-corrected chi connectivity index (χ2v) is 0. The van der Waals surface area contributed by atoms with E-state index in [0.29, 0.717) is 0 Å². The topological polar surface area (TPSA) is 92.2 Å². The third-order valence-corrected chi connectivity index (χ3v) is 0. The summed E-state index contributed by atoms with van der Waals surface area (Å²) in [7, 11) is 0. The molecule has 0 heterocycles. The first-order valence-electron chi connectivity index (χ1n) is 0.333. The van der Waals surface area contributed by atoms with Crippen LogP contribution in [0.3, 0.4) is 0 Å². The molecule has 0 amide bonds. The van der Waals surface area contributed by atoms with Gasteiger partial charge in [-0.2, -0.15) is 0 Å². The minimum absolute atomic E-state index is 0. The van der Waals surface area contributed by atoms with E-state index in [-0.39, 0.29) is 39.9 Å². The molecule has 0 unspecified atom stereocenters. The van der Waals surface area contributed by atoms with Crippen LogP contribution in [0.5, 0.6) is 0 Å². The summed E-state index contributed by atoms with van der Waals surface area (Å²) < 4.78 is 0. The molecule has 0 atom stereocenters. The van der Waals surface area contributed by atoms with E-state index in [1.807, 2.05) is 0 Å². The maximum absolute atomic E-state index is 7.00. The van der Waals surface area contributed by atoms with Gasteiger partial charge in [0.05, 0.1) is 0 Å². The number of hydrogen-bond acceptors (Lipinski definition) is 4. The molecule has 0 aromatic heterocycles. The standard InChI is InChI=1S/2O2.Th/c2*1-2;/q2*-2;+4. The third kappa shape index (κ3) is 38.1.